The summed E-state index contributed by atoms with van der Waals surface area (Å²) in [5.74, 6) is 2.48. The van der Waals surface area contributed by atoms with Gasteiger partial charge in [-0.3, -0.25) is 0 Å². The molecule has 1 aromatic rings. The lowest BCUT2D eigenvalue weighted by Gasteiger charge is -2.44. The van der Waals surface area contributed by atoms with Crippen molar-refractivity contribution in [2.75, 3.05) is 31.1 Å². The van der Waals surface area contributed by atoms with Crippen LogP contribution in [0.5, 0.6) is 5.75 Å². The van der Waals surface area contributed by atoms with Crippen molar-refractivity contribution in [1.82, 2.24) is 9.88 Å². The summed E-state index contributed by atoms with van der Waals surface area (Å²) in [6, 6.07) is 2.29. The Hall–Kier alpha value is -1.98. The lowest BCUT2D eigenvalue weighted by atomic mass is 10.1. The van der Waals surface area contributed by atoms with Crippen molar-refractivity contribution in [3.8, 4) is 5.75 Å². The van der Waals surface area contributed by atoms with E-state index in [-0.39, 0.29) is 12.1 Å². The van der Waals surface area contributed by atoms with Gasteiger partial charge in [0, 0.05) is 25.8 Å². The number of hydrogen-bond acceptors (Lipinski definition) is 5. The molecule has 24 heavy (non-hydrogen) atoms. The highest BCUT2D eigenvalue weighted by Crippen LogP contribution is 2.43. The molecule has 6 heteroatoms. The predicted octanol–water partition coefficient (Wildman–Crippen LogP) is 2.78. The summed E-state index contributed by atoms with van der Waals surface area (Å²) in [6.07, 6.45) is 4.27. The van der Waals surface area contributed by atoms with Crippen LogP contribution in [-0.2, 0) is 4.74 Å². The molecule has 0 radical (unpaired) electrons. The van der Waals surface area contributed by atoms with Gasteiger partial charge in [0.2, 0.25) is 0 Å². The number of hydrogen-bond donors (Lipinski definition) is 0. The molecule has 1 amide bonds. The van der Waals surface area contributed by atoms with E-state index >= 15 is 0 Å². The molecule has 2 fully saturated rings. The van der Waals surface area contributed by atoms with Gasteiger partial charge in [-0.25, -0.2) is 9.78 Å². The van der Waals surface area contributed by atoms with Gasteiger partial charge < -0.3 is 19.3 Å². The van der Waals surface area contributed by atoms with Crippen LogP contribution in [0.15, 0.2) is 12.3 Å². The molecular formula is C18H25N3O3. The molecule has 6 nitrogen and oxygen atoms in total. The highest BCUT2D eigenvalue weighted by atomic mass is 16.6. The zero-order chi connectivity index (χ0) is 16.9. The van der Waals surface area contributed by atoms with Crippen LogP contribution in [0.25, 0.3) is 0 Å². The number of carbonyl (C=O) groups is 1. The minimum absolute atomic E-state index is 0.137. The maximum Gasteiger partial charge on any atom is 0.410 e. The number of rotatable bonds is 1. The highest BCUT2D eigenvalue weighted by Gasteiger charge is 2.37. The standard InChI is InChI=1S/C18H25N3O3/c1-18(2,3)24-17(22)20-6-7-21-14(10-20)11-23-15-8-13(12-4-5-12)9-19-16(15)21/h8-9,12,14H,4-7,10-11H2,1-3H3. The van der Waals surface area contributed by atoms with Crippen LogP contribution in [0.4, 0.5) is 10.6 Å². The maximum absolute atomic E-state index is 12.3. The second-order valence-corrected chi connectivity index (χ2v) is 7.95. The van der Waals surface area contributed by atoms with E-state index in [1.807, 2.05) is 27.0 Å². The number of anilines is 1. The molecular weight excluding hydrogens is 306 g/mol. The van der Waals surface area contributed by atoms with E-state index in [1.165, 1.54) is 18.4 Å². The highest BCUT2D eigenvalue weighted by molar-refractivity contribution is 5.69. The molecule has 1 aliphatic carbocycles. The summed E-state index contributed by atoms with van der Waals surface area (Å²) in [5.41, 5.74) is 0.824. The van der Waals surface area contributed by atoms with Gasteiger partial charge in [0.15, 0.2) is 11.6 Å². The Bertz CT molecular complexity index is 651. The Morgan fingerprint density at radius 3 is 2.83 bits per heavy atom. The fraction of sp³-hybridized carbons (Fsp3) is 0.667. The molecule has 1 unspecified atom stereocenters. The van der Waals surface area contributed by atoms with Gasteiger partial charge in [-0.15, -0.1) is 0 Å². The Morgan fingerprint density at radius 1 is 1.33 bits per heavy atom. The first-order valence-corrected chi connectivity index (χ1v) is 8.78. The number of fused-ring (bicyclic) bond motifs is 3. The van der Waals surface area contributed by atoms with E-state index in [0.29, 0.717) is 25.6 Å². The van der Waals surface area contributed by atoms with Gasteiger partial charge in [0.1, 0.15) is 12.2 Å². The average molecular weight is 331 g/mol. The molecule has 0 spiro atoms. The molecule has 1 atom stereocenters. The number of nitrogens with zero attached hydrogens (tertiary/aromatic N) is 3. The molecule has 2 aliphatic heterocycles. The van der Waals surface area contributed by atoms with Crippen LogP contribution in [-0.4, -0.2) is 53.9 Å². The summed E-state index contributed by atoms with van der Waals surface area (Å²) in [7, 11) is 0. The number of ether oxygens (including phenoxy) is 2. The average Bonchev–Trinajstić information content (AvgIpc) is 3.37. The Labute approximate surface area is 142 Å². The third kappa shape index (κ3) is 3.01. The van der Waals surface area contributed by atoms with Crippen molar-refractivity contribution < 1.29 is 14.3 Å². The summed E-state index contributed by atoms with van der Waals surface area (Å²) in [4.78, 5) is 21.0. The molecule has 1 aromatic heterocycles. The maximum atomic E-state index is 12.3. The fourth-order valence-corrected chi connectivity index (χ4v) is 3.37. The van der Waals surface area contributed by atoms with E-state index in [2.05, 4.69) is 16.0 Å². The van der Waals surface area contributed by atoms with Gasteiger partial charge in [-0.05, 0) is 51.2 Å². The van der Waals surface area contributed by atoms with E-state index < -0.39 is 5.60 Å². The molecule has 130 valence electrons. The monoisotopic (exact) mass is 331 g/mol. The van der Waals surface area contributed by atoms with Crippen LogP contribution in [0.1, 0.15) is 45.1 Å². The fourth-order valence-electron chi connectivity index (χ4n) is 3.37. The second-order valence-electron chi connectivity index (χ2n) is 7.95. The Morgan fingerprint density at radius 2 is 2.12 bits per heavy atom. The molecule has 1 saturated carbocycles. The number of pyridine rings is 1. The van der Waals surface area contributed by atoms with E-state index in [1.54, 1.807) is 4.90 Å². The number of amides is 1. The normalized spacial score (nSPS) is 23.2. The van der Waals surface area contributed by atoms with E-state index in [9.17, 15) is 4.79 Å². The van der Waals surface area contributed by atoms with Crippen LogP contribution in [0.2, 0.25) is 0 Å². The van der Waals surface area contributed by atoms with E-state index in [4.69, 9.17) is 9.47 Å². The number of carbonyl (C=O) groups excluding carboxylic acids is 1. The first-order valence-electron chi connectivity index (χ1n) is 8.78. The van der Waals surface area contributed by atoms with Crippen LogP contribution in [0, 0.1) is 0 Å². The topological polar surface area (TPSA) is 54.9 Å². The summed E-state index contributed by atoms with van der Waals surface area (Å²) in [6.45, 7) is 8.28. The second kappa shape index (κ2) is 5.53. The zero-order valence-corrected chi connectivity index (χ0v) is 14.6. The SMILES string of the molecule is CC(C)(C)OC(=O)N1CCN2c3ncc(C4CC4)cc3OCC2C1. The van der Waals surface area contributed by atoms with Crippen molar-refractivity contribution in [3.63, 3.8) is 0 Å². The van der Waals surface area contributed by atoms with Gasteiger partial charge in [-0.1, -0.05) is 0 Å². The Kier molecular flexibility index (Phi) is 3.58. The van der Waals surface area contributed by atoms with Crippen LogP contribution >= 0.6 is 0 Å². The smallest absolute Gasteiger partial charge is 0.410 e. The molecule has 0 bridgehead atoms. The van der Waals surface area contributed by atoms with Crippen molar-refractivity contribution in [3.05, 3.63) is 17.8 Å². The Balaban J connectivity index is 1.47. The third-order valence-electron chi connectivity index (χ3n) is 4.74. The van der Waals surface area contributed by atoms with Crippen LogP contribution in [0.3, 0.4) is 0 Å². The van der Waals surface area contributed by atoms with Gasteiger partial charge in [0.05, 0.1) is 6.04 Å². The summed E-state index contributed by atoms with van der Waals surface area (Å²) in [5, 5.41) is 0. The lowest BCUT2D eigenvalue weighted by Crippen LogP contribution is -2.59. The molecule has 0 aromatic carbocycles. The van der Waals surface area contributed by atoms with Crippen LogP contribution < -0.4 is 9.64 Å². The first kappa shape index (κ1) is 15.5. The number of piperazine rings is 1. The van der Waals surface area contributed by atoms with Crippen molar-refractivity contribution in [2.24, 2.45) is 0 Å². The van der Waals surface area contributed by atoms with Gasteiger partial charge >= 0.3 is 6.09 Å². The third-order valence-corrected chi connectivity index (χ3v) is 4.74. The quantitative estimate of drug-likeness (QED) is 0.792. The van der Waals surface area contributed by atoms with Gasteiger partial charge in [0.25, 0.3) is 0 Å². The largest absolute Gasteiger partial charge is 0.487 e. The summed E-state index contributed by atoms with van der Waals surface area (Å²) >= 11 is 0. The first-order chi connectivity index (χ1) is 11.4. The number of aromatic nitrogens is 1. The van der Waals surface area contributed by atoms with Crippen molar-refractivity contribution in [1.29, 1.82) is 0 Å². The zero-order valence-electron chi connectivity index (χ0n) is 14.6. The van der Waals surface area contributed by atoms with Crippen molar-refractivity contribution in [2.45, 2.75) is 51.2 Å². The molecule has 4 rings (SSSR count). The van der Waals surface area contributed by atoms with Gasteiger partial charge in [-0.2, -0.15) is 0 Å². The predicted molar refractivity (Wildman–Crippen MR) is 90.6 cm³/mol. The molecule has 3 aliphatic rings. The minimum Gasteiger partial charge on any atom is -0.487 e. The molecule has 3 heterocycles. The van der Waals surface area contributed by atoms with E-state index in [0.717, 1.165) is 18.1 Å². The molecule has 1 saturated heterocycles. The molecule has 0 N–H and O–H groups in total. The minimum atomic E-state index is -0.468. The lowest BCUT2D eigenvalue weighted by molar-refractivity contribution is 0.0194. The summed E-state index contributed by atoms with van der Waals surface area (Å²) < 4.78 is 11.4. The van der Waals surface area contributed by atoms with Crippen molar-refractivity contribution >= 4 is 11.9 Å².